The maximum absolute atomic E-state index is 12.6. The molecule has 1 unspecified atom stereocenters. The van der Waals surface area contributed by atoms with Crippen LogP contribution in [0.1, 0.15) is 47.2 Å². The highest BCUT2D eigenvalue weighted by atomic mass is 32.1. The number of carbonyl (C=O) groups is 3. The molecule has 2 heterocycles. The van der Waals surface area contributed by atoms with Crippen LogP contribution in [-0.4, -0.2) is 34.4 Å². The van der Waals surface area contributed by atoms with Gasteiger partial charge in [-0.1, -0.05) is 26.0 Å². The molecular formula is C19H21N3O4S. The number of hydrogen-bond acceptors (Lipinski definition) is 5. The molecule has 3 rings (SSSR count). The van der Waals surface area contributed by atoms with Gasteiger partial charge >= 0.3 is 5.97 Å². The monoisotopic (exact) mass is 387 g/mol. The van der Waals surface area contributed by atoms with Crippen LogP contribution < -0.4 is 10.2 Å². The van der Waals surface area contributed by atoms with Gasteiger partial charge in [0.05, 0.1) is 6.54 Å². The molecule has 27 heavy (non-hydrogen) atoms. The lowest BCUT2D eigenvalue weighted by Crippen LogP contribution is -2.36. The highest BCUT2D eigenvalue weighted by molar-refractivity contribution is 7.09. The van der Waals surface area contributed by atoms with Gasteiger partial charge < -0.3 is 15.3 Å². The maximum Gasteiger partial charge on any atom is 0.355 e. The second kappa shape index (κ2) is 7.87. The summed E-state index contributed by atoms with van der Waals surface area (Å²) in [6.07, 6.45) is 0.453. The average Bonchev–Trinajstić information content (AvgIpc) is 3.27. The fraction of sp³-hybridized carbons (Fsp3) is 0.368. The number of anilines is 1. The topological polar surface area (TPSA) is 99.6 Å². The molecule has 0 bridgehead atoms. The van der Waals surface area contributed by atoms with Crippen molar-refractivity contribution >= 4 is 34.8 Å². The number of aromatic nitrogens is 1. The Balaban J connectivity index is 1.60. The second-order valence-corrected chi connectivity index (χ2v) is 7.67. The van der Waals surface area contributed by atoms with Crippen LogP contribution in [0.2, 0.25) is 0 Å². The first-order valence-corrected chi connectivity index (χ1v) is 9.61. The summed E-state index contributed by atoms with van der Waals surface area (Å²) in [5.41, 5.74) is 1.95. The van der Waals surface area contributed by atoms with Gasteiger partial charge in [0.15, 0.2) is 5.69 Å². The molecule has 2 amide bonds. The first-order chi connectivity index (χ1) is 12.9. The first-order valence-electron chi connectivity index (χ1n) is 8.73. The molecule has 1 fully saturated rings. The molecule has 1 saturated heterocycles. The number of carbonyl (C=O) groups excluding carboxylic acids is 2. The molecule has 1 aromatic carbocycles. The fourth-order valence-electron chi connectivity index (χ4n) is 2.99. The molecule has 0 radical (unpaired) electrons. The maximum atomic E-state index is 12.6. The van der Waals surface area contributed by atoms with Crippen LogP contribution in [0.15, 0.2) is 29.6 Å². The fourth-order valence-corrected chi connectivity index (χ4v) is 3.70. The molecule has 0 saturated carbocycles. The zero-order chi connectivity index (χ0) is 19.6. The highest BCUT2D eigenvalue weighted by Crippen LogP contribution is 2.27. The summed E-state index contributed by atoms with van der Waals surface area (Å²) in [5.74, 6) is -1.98. The quantitative estimate of drug-likeness (QED) is 0.742. The number of thiazole rings is 1. The molecule has 0 spiro atoms. The van der Waals surface area contributed by atoms with Crippen LogP contribution in [0.25, 0.3) is 0 Å². The van der Waals surface area contributed by atoms with Gasteiger partial charge in [0.25, 0.3) is 0 Å². The third-order valence-corrected chi connectivity index (χ3v) is 5.43. The van der Waals surface area contributed by atoms with Crippen molar-refractivity contribution < 1.29 is 19.5 Å². The van der Waals surface area contributed by atoms with E-state index in [1.54, 1.807) is 4.90 Å². The minimum absolute atomic E-state index is 0.0442. The molecule has 1 aliphatic rings. The number of nitrogens with zero attached hydrogens (tertiary/aromatic N) is 2. The Bertz CT molecular complexity index is 860. The second-order valence-electron chi connectivity index (χ2n) is 6.73. The van der Waals surface area contributed by atoms with Gasteiger partial charge in [-0.2, -0.15) is 0 Å². The summed E-state index contributed by atoms with van der Waals surface area (Å²) in [7, 11) is 0. The number of amides is 2. The van der Waals surface area contributed by atoms with E-state index in [2.05, 4.69) is 24.1 Å². The Hall–Kier alpha value is -2.74. The molecule has 142 valence electrons. The summed E-state index contributed by atoms with van der Waals surface area (Å²) in [4.78, 5) is 41.4. The van der Waals surface area contributed by atoms with Gasteiger partial charge in [-0.15, -0.1) is 11.3 Å². The van der Waals surface area contributed by atoms with Crippen molar-refractivity contribution in [3.8, 4) is 0 Å². The molecule has 1 atom stereocenters. The number of hydrogen-bond donors (Lipinski definition) is 2. The lowest BCUT2D eigenvalue weighted by molar-refractivity contribution is -0.132. The van der Waals surface area contributed by atoms with Crippen LogP contribution in [0, 0.1) is 5.92 Å². The Kier molecular flexibility index (Phi) is 5.55. The van der Waals surface area contributed by atoms with E-state index in [0.717, 1.165) is 17.0 Å². The van der Waals surface area contributed by atoms with Crippen LogP contribution in [0.3, 0.4) is 0 Å². The third kappa shape index (κ3) is 4.16. The predicted octanol–water partition coefficient (Wildman–Crippen LogP) is 2.63. The van der Waals surface area contributed by atoms with Crippen LogP contribution in [-0.2, 0) is 16.1 Å². The molecular weight excluding hydrogens is 366 g/mol. The number of aromatic carboxylic acids is 1. The van der Waals surface area contributed by atoms with Crippen LogP contribution in [0.4, 0.5) is 5.69 Å². The molecule has 8 heteroatoms. The summed E-state index contributed by atoms with van der Waals surface area (Å²) in [6, 6.07) is 7.83. The van der Waals surface area contributed by atoms with E-state index < -0.39 is 11.9 Å². The van der Waals surface area contributed by atoms with E-state index in [1.165, 1.54) is 10.9 Å². The molecule has 2 N–H and O–H groups in total. The zero-order valence-corrected chi connectivity index (χ0v) is 16.0. The Morgan fingerprint density at radius 2 is 2.04 bits per heavy atom. The number of rotatable bonds is 6. The Morgan fingerprint density at radius 1 is 1.33 bits per heavy atom. The van der Waals surface area contributed by atoms with Crippen molar-refractivity contribution in [3.05, 3.63) is 45.9 Å². The van der Waals surface area contributed by atoms with E-state index in [9.17, 15) is 14.4 Å². The summed E-state index contributed by atoms with van der Waals surface area (Å²) in [6.45, 7) is 4.83. The van der Waals surface area contributed by atoms with Gasteiger partial charge in [0.2, 0.25) is 11.8 Å². The van der Waals surface area contributed by atoms with E-state index in [1.807, 2.05) is 24.3 Å². The summed E-state index contributed by atoms with van der Waals surface area (Å²) >= 11 is 1.16. The zero-order valence-electron chi connectivity index (χ0n) is 15.1. The SMILES string of the molecule is CC(C)c1ccc(N2CCC(C(=O)NCc3nc(C(=O)O)cs3)C2=O)cc1. The van der Waals surface area contributed by atoms with Crippen molar-refractivity contribution in [2.45, 2.75) is 32.7 Å². The average molecular weight is 387 g/mol. The van der Waals surface area contributed by atoms with Crippen LogP contribution in [0.5, 0.6) is 0 Å². The van der Waals surface area contributed by atoms with Gasteiger partial charge in [-0.05, 0) is 30.0 Å². The highest BCUT2D eigenvalue weighted by Gasteiger charge is 2.37. The van der Waals surface area contributed by atoms with E-state index in [0.29, 0.717) is 23.9 Å². The van der Waals surface area contributed by atoms with Gasteiger partial charge in [-0.25, -0.2) is 9.78 Å². The lowest BCUT2D eigenvalue weighted by atomic mass is 10.0. The van der Waals surface area contributed by atoms with Crippen LogP contribution >= 0.6 is 11.3 Å². The Labute approximate surface area is 161 Å². The Morgan fingerprint density at radius 3 is 2.63 bits per heavy atom. The van der Waals surface area contributed by atoms with Crippen molar-refractivity contribution in [1.29, 1.82) is 0 Å². The van der Waals surface area contributed by atoms with Crippen molar-refractivity contribution in [2.75, 3.05) is 11.4 Å². The largest absolute Gasteiger partial charge is 0.476 e. The molecule has 7 nitrogen and oxygen atoms in total. The van der Waals surface area contributed by atoms with E-state index >= 15 is 0 Å². The normalized spacial score (nSPS) is 16.8. The smallest absolute Gasteiger partial charge is 0.355 e. The van der Waals surface area contributed by atoms with Gasteiger partial charge in [0, 0.05) is 17.6 Å². The van der Waals surface area contributed by atoms with Crippen molar-refractivity contribution in [1.82, 2.24) is 10.3 Å². The third-order valence-electron chi connectivity index (χ3n) is 4.58. The summed E-state index contributed by atoms with van der Waals surface area (Å²) in [5, 5.41) is 13.5. The molecule has 2 aromatic rings. The summed E-state index contributed by atoms with van der Waals surface area (Å²) < 4.78 is 0. The van der Waals surface area contributed by atoms with Gasteiger partial charge in [0.1, 0.15) is 10.9 Å². The molecule has 1 aliphatic heterocycles. The molecule has 1 aromatic heterocycles. The number of carboxylic acids is 1. The minimum Gasteiger partial charge on any atom is -0.476 e. The lowest BCUT2D eigenvalue weighted by Gasteiger charge is -2.17. The van der Waals surface area contributed by atoms with Crippen molar-refractivity contribution in [3.63, 3.8) is 0 Å². The number of carboxylic acid groups (broad SMARTS) is 1. The van der Waals surface area contributed by atoms with Gasteiger partial charge in [-0.3, -0.25) is 9.59 Å². The number of benzene rings is 1. The van der Waals surface area contributed by atoms with E-state index in [-0.39, 0.29) is 24.1 Å². The predicted molar refractivity (Wildman–Crippen MR) is 102 cm³/mol. The first kappa shape index (κ1) is 19.0. The molecule has 0 aliphatic carbocycles. The van der Waals surface area contributed by atoms with E-state index in [4.69, 9.17) is 5.11 Å². The van der Waals surface area contributed by atoms with Crippen molar-refractivity contribution in [2.24, 2.45) is 5.92 Å². The minimum atomic E-state index is -1.10. The standard InChI is InChI=1S/C19H21N3O4S/c1-11(2)12-3-5-13(6-4-12)22-8-7-14(18(22)24)17(23)20-9-16-21-15(10-27-16)19(25)26/h3-6,10-11,14H,7-9H2,1-2H3,(H,20,23)(H,25,26). The number of nitrogens with one attached hydrogen (secondary N) is 1.